The van der Waals surface area contributed by atoms with Gasteiger partial charge in [0.15, 0.2) is 9.84 Å². The maximum atomic E-state index is 11.9. The molecule has 0 fully saturated rings. The van der Waals surface area contributed by atoms with Crippen LogP contribution in [0.25, 0.3) is 11.0 Å². The summed E-state index contributed by atoms with van der Waals surface area (Å²) in [5.41, 5.74) is 3.78. The molecule has 0 saturated carbocycles. The van der Waals surface area contributed by atoms with Gasteiger partial charge in [-0.15, -0.1) is 0 Å². The molecule has 0 bridgehead atoms. The molecule has 0 spiro atoms. The second kappa shape index (κ2) is 9.71. The molecule has 2 aromatic carbocycles. The molecule has 1 amide bonds. The molecule has 2 heterocycles. The maximum absolute atomic E-state index is 11.9. The van der Waals surface area contributed by atoms with Crippen molar-refractivity contribution in [3.8, 4) is 0 Å². The summed E-state index contributed by atoms with van der Waals surface area (Å²) < 4.78 is 25.1. The molecule has 35 heavy (non-hydrogen) atoms. The van der Waals surface area contributed by atoms with Crippen LogP contribution in [0.3, 0.4) is 0 Å². The van der Waals surface area contributed by atoms with Crippen LogP contribution >= 0.6 is 0 Å². The summed E-state index contributed by atoms with van der Waals surface area (Å²) >= 11 is 0. The molecule has 0 atom stereocenters. The summed E-state index contributed by atoms with van der Waals surface area (Å²) in [4.78, 5) is 27.4. The maximum Gasteiger partial charge on any atom is 0.229 e. The average molecular weight is 494 g/mol. The lowest BCUT2D eigenvalue weighted by molar-refractivity contribution is -0.115. The van der Waals surface area contributed by atoms with Crippen molar-refractivity contribution < 1.29 is 13.2 Å². The fraction of sp³-hybridized carbons (Fsp3) is 0.250. The van der Waals surface area contributed by atoms with E-state index < -0.39 is 9.84 Å². The lowest BCUT2D eigenvalue weighted by Gasteiger charge is -2.19. The van der Waals surface area contributed by atoms with Crippen molar-refractivity contribution in [1.29, 1.82) is 0 Å². The SMILES string of the molecule is CCC(=O)Nc1nc2c(N(C)c3ccnc(Nc4cccc(CS(C)(=O)=O)c4)n3)cccc2n1C. The van der Waals surface area contributed by atoms with Crippen LogP contribution in [-0.2, 0) is 27.4 Å². The Balaban J connectivity index is 1.62. The van der Waals surface area contributed by atoms with E-state index in [1.54, 1.807) is 37.4 Å². The molecule has 0 unspecified atom stereocenters. The fourth-order valence-electron chi connectivity index (χ4n) is 3.69. The number of aryl methyl sites for hydroxylation is 1. The van der Waals surface area contributed by atoms with Gasteiger partial charge in [0.1, 0.15) is 11.3 Å². The molecule has 11 heteroatoms. The molecule has 2 aromatic heterocycles. The number of nitrogens with one attached hydrogen (secondary N) is 2. The molecule has 4 rings (SSSR count). The zero-order chi connectivity index (χ0) is 25.2. The third kappa shape index (κ3) is 5.57. The number of imidazole rings is 1. The van der Waals surface area contributed by atoms with Crippen LogP contribution in [0.5, 0.6) is 0 Å². The number of hydrogen-bond acceptors (Lipinski definition) is 8. The zero-order valence-corrected chi connectivity index (χ0v) is 20.8. The highest BCUT2D eigenvalue weighted by molar-refractivity contribution is 7.89. The number of para-hydroxylation sites is 1. The van der Waals surface area contributed by atoms with E-state index in [-0.39, 0.29) is 11.7 Å². The van der Waals surface area contributed by atoms with Crippen LogP contribution in [0.1, 0.15) is 18.9 Å². The quantitative estimate of drug-likeness (QED) is 0.380. The molecule has 4 aromatic rings. The lowest BCUT2D eigenvalue weighted by atomic mass is 10.2. The number of amides is 1. The second-order valence-corrected chi connectivity index (χ2v) is 10.4. The normalized spacial score (nSPS) is 11.4. The average Bonchev–Trinajstić information content (AvgIpc) is 3.13. The molecule has 0 radical (unpaired) electrons. The van der Waals surface area contributed by atoms with Crippen LogP contribution in [0.15, 0.2) is 54.7 Å². The summed E-state index contributed by atoms with van der Waals surface area (Å²) in [6, 6.07) is 14.7. The molecular formula is C24H27N7O3S. The number of carbonyl (C=O) groups is 1. The Morgan fingerprint density at radius 3 is 2.63 bits per heavy atom. The summed E-state index contributed by atoms with van der Waals surface area (Å²) in [7, 11) is 0.598. The van der Waals surface area contributed by atoms with Crippen molar-refractivity contribution in [2.75, 3.05) is 28.8 Å². The van der Waals surface area contributed by atoms with Crippen LogP contribution in [0, 0.1) is 0 Å². The number of rotatable bonds is 8. The Hall–Kier alpha value is -3.99. The third-order valence-corrected chi connectivity index (χ3v) is 6.28. The van der Waals surface area contributed by atoms with E-state index in [4.69, 9.17) is 0 Å². The van der Waals surface area contributed by atoms with Gasteiger partial charge in [-0.2, -0.15) is 4.98 Å². The number of fused-ring (bicyclic) bond motifs is 1. The van der Waals surface area contributed by atoms with Gasteiger partial charge in [-0.1, -0.05) is 25.1 Å². The Labute approximate surface area is 204 Å². The molecular weight excluding hydrogens is 466 g/mol. The predicted octanol–water partition coefficient (Wildman–Crippen LogP) is 3.77. The zero-order valence-electron chi connectivity index (χ0n) is 20.0. The fourth-order valence-corrected chi connectivity index (χ4v) is 4.47. The topological polar surface area (TPSA) is 122 Å². The standard InChI is InChI=1S/C24H27N7O3S/c1-5-21(32)28-24-29-22-18(10-7-11-19(22)31(24)3)30(2)20-12-13-25-23(27-20)26-17-9-6-8-16(14-17)15-35(4,33)34/h6-14H,5,15H2,1-4H3,(H,25,26,27)(H,28,29,32). The van der Waals surface area contributed by atoms with E-state index in [0.717, 1.165) is 16.7 Å². The Morgan fingerprint density at radius 2 is 1.89 bits per heavy atom. The largest absolute Gasteiger partial charge is 0.327 e. The van der Waals surface area contributed by atoms with E-state index in [9.17, 15) is 13.2 Å². The third-order valence-electron chi connectivity index (χ3n) is 5.42. The van der Waals surface area contributed by atoms with Gasteiger partial charge in [0, 0.05) is 38.7 Å². The molecule has 0 saturated heterocycles. The number of benzene rings is 2. The highest BCUT2D eigenvalue weighted by Gasteiger charge is 2.17. The second-order valence-electron chi connectivity index (χ2n) is 8.23. The first-order valence-electron chi connectivity index (χ1n) is 11.0. The van der Waals surface area contributed by atoms with Crippen LogP contribution in [-0.4, -0.2) is 47.1 Å². The minimum Gasteiger partial charge on any atom is -0.327 e. The first-order valence-corrected chi connectivity index (χ1v) is 13.1. The highest BCUT2D eigenvalue weighted by atomic mass is 32.2. The monoisotopic (exact) mass is 493 g/mol. The van der Waals surface area contributed by atoms with E-state index in [1.807, 2.05) is 47.8 Å². The predicted molar refractivity (Wildman–Crippen MR) is 138 cm³/mol. The van der Waals surface area contributed by atoms with Crippen molar-refractivity contribution in [3.05, 3.63) is 60.3 Å². The van der Waals surface area contributed by atoms with Gasteiger partial charge in [0.05, 0.1) is 17.0 Å². The number of sulfone groups is 1. The highest BCUT2D eigenvalue weighted by Crippen LogP contribution is 2.31. The van der Waals surface area contributed by atoms with Crippen molar-refractivity contribution in [2.45, 2.75) is 19.1 Å². The van der Waals surface area contributed by atoms with Crippen LogP contribution < -0.4 is 15.5 Å². The number of anilines is 5. The number of nitrogens with zero attached hydrogens (tertiary/aromatic N) is 5. The summed E-state index contributed by atoms with van der Waals surface area (Å²) in [6.45, 7) is 1.79. The van der Waals surface area contributed by atoms with Gasteiger partial charge in [-0.25, -0.2) is 18.4 Å². The summed E-state index contributed by atoms with van der Waals surface area (Å²) in [5.74, 6) is 1.33. The number of hydrogen-bond donors (Lipinski definition) is 2. The van der Waals surface area contributed by atoms with Crippen molar-refractivity contribution in [1.82, 2.24) is 19.5 Å². The molecule has 0 aliphatic heterocycles. The van der Waals surface area contributed by atoms with Gasteiger partial charge in [-0.3, -0.25) is 10.1 Å². The number of carbonyl (C=O) groups excluding carboxylic acids is 1. The van der Waals surface area contributed by atoms with Gasteiger partial charge in [-0.05, 0) is 35.9 Å². The molecule has 0 aliphatic carbocycles. The molecule has 2 N–H and O–H groups in total. The van der Waals surface area contributed by atoms with Gasteiger partial charge >= 0.3 is 0 Å². The number of aromatic nitrogens is 4. The smallest absolute Gasteiger partial charge is 0.229 e. The minimum absolute atomic E-state index is 0.0407. The Bertz CT molecular complexity index is 1500. The van der Waals surface area contributed by atoms with E-state index >= 15 is 0 Å². The van der Waals surface area contributed by atoms with Crippen molar-refractivity contribution >= 4 is 55.9 Å². The Morgan fingerprint density at radius 1 is 1.11 bits per heavy atom. The van der Waals surface area contributed by atoms with Crippen molar-refractivity contribution in [3.63, 3.8) is 0 Å². The summed E-state index contributed by atoms with van der Waals surface area (Å²) in [5, 5.41) is 5.98. The van der Waals surface area contributed by atoms with E-state index in [0.29, 0.717) is 35.4 Å². The van der Waals surface area contributed by atoms with Gasteiger partial charge in [0.25, 0.3) is 0 Å². The van der Waals surface area contributed by atoms with Crippen LogP contribution in [0.4, 0.5) is 29.1 Å². The lowest BCUT2D eigenvalue weighted by Crippen LogP contribution is -2.13. The van der Waals surface area contributed by atoms with Gasteiger partial charge < -0.3 is 14.8 Å². The van der Waals surface area contributed by atoms with Crippen molar-refractivity contribution in [2.24, 2.45) is 7.05 Å². The Kier molecular flexibility index (Phi) is 6.70. The molecule has 10 nitrogen and oxygen atoms in total. The minimum atomic E-state index is -3.14. The van der Waals surface area contributed by atoms with E-state index in [1.165, 1.54) is 6.26 Å². The first kappa shape index (κ1) is 24.1. The summed E-state index contributed by atoms with van der Waals surface area (Å²) in [6.07, 6.45) is 3.22. The first-order chi connectivity index (χ1) is 16.6. The molecule has 0 aliphatic rings. The van der Waals surface area contributed by atoms with Crippen LogP contribution in [0.2, 0.25) is 0 Å². The molecule has 182 valence electrons. The van der Waals surface area contributed by atoms with E-state index in [2.05, 4.69) is 25.6 Å². The van der Waals surface area contributed by atoms with Gasteiger partial charge in [0.2, 0.25) is 17.8 Å².